The Morgan fingerprint density at radius 3 is 2.47 bits per heavy atom. The molecule has 0 spiro atoms. The number of aliphatic carboxylic acids is 1. The maximum Gasteiger partial charge on any atom is 0.316 e. The van der Waals surface area contributed by atoms with Gasteiger partial charge in [0, 0.05) is 12.3 Å². The highest BCUT2D eigenvalue weighted by Gasteiger charge is 2.37. The van der Waals surface area contributed by atoms with Crippen LogP contribution in [0.25, 0.3) is 0 Å². The molecule has 1 atom stereocenters. The molecule has 4 nitrogen and oxygen atoms in total. The van der Waals surface area contributed by atoms with Crippen LogP contribution in [-0.4, -0.2) is 35.0 Å². The summed E-state index contributed by atoms with van der Waals surface area (Å²) in [6.07, 6.45) is 5.08. The number of thioether (sulfide) groups is 1. The van der Waals surface area contributed by atoms with Crippen LogP contribution in [0.1, 0.15) is 20.8 Å². The molecule has 17 heavy (non-hydrogen) atoms. The monoisotopic (exact) mass is 257 g/mol. The lowest BCUT2D eigenvalue weighted by molar-refractivity contribution is -0.151. The number of carbonyl (C=O) groups is 2. The Kier molecular flexibility index (Phi) is 6.74. The number of carboxylic acids is 1. The predicted octanol–water partition coefficient (Wildman–Crippen LogP) is 1.22. The van der Waals surface area contributed by atoms with Crippen molar-refractivity contribution in [1.29, 1.82) is 0 Å². The van der Waals surface area contributed by atoms with Crippen LogP contribution in [0, 0.1) is 23.7 Å². The summed E-state index contributed by atoms with van der Waals surface area (Å²) in [6, 6.07) is 0. The Labute approximate surface area is 107 Å². The average Bonchev–Trinajstić information content (AvgIpc) is 2.14. The molecule has 0 aliphatic heterocycles. The zero-order valence-corrected chi connectivity index (χ0v) is 11.3. The molecule has 0 rings (SSSR count). The van der Waals surface area contributed by atoms with Gasteiger partial charge >= 0.3 is 5.97 Å². The van der Waals surface area contributed by atoms with E-state index in [1.165, 1.54) is 11.8 Å². The number of terminal acetylenes is 1. The second kappa shape index (κ2) is 7.23. The van der Waals surface area contributed by atoms with Crippen LogP contribution in [0.3, 0.4) is 0 Å². The van der Waals surface area contributed by atoms with Gasteiger partial charge in [-0.15, -0.1) is 18.2 Å². The fourth-order valence-electron chi connectivity index (χ4n) is 1.36. The lowest BCUT2D eigenvalue weighted by Gasteiger charge is -2.25. The van der Waals surface area contributed by atoms with E-state index in [2.05, 4.69) is 11.2 Å². The van der Waals surface area contributed by atoms with Crippen LogP contribution >= 0.6 is 11.8 Å². The zero-order chi connectivity index (χ0) is 13.5. The van der Waals surface area contributed by atoms with E-state index in [0.29, 0.717) is 18.1 Å². The SMILES string of the molecule is C#CCSCCNC(=O)C(C(=O)O)C(C)(C)C. The number of carboxylic acid groups (broad SMARTS) is 1. The molecule has 0 heterocycles. The van der Waals surface area contributed by atoms with Crippen LogP contribution in [0.15, 0.2) is 0 Å². The third kappa shape index (κ3) is 6.22. The van der Waals surface area contributed by atoms with Gasteiger partial charge in [0.1, 0.15) is 5.92 Å². The standard InChI is InChI=1S/C12H19NO3S/c1-5-7-17-8-6-13-10(14)9(11(15)16)12(2,3)4/h1,9H,6-8H2,2-4H3,(H,13,14)(H,15,16). The van der Waals surface area contributed by atoms with Gasteiger partial charge in [-0.1, -0.05) is 26.7 Å². The lowest BCUT2D eigenvalue weighted by atomic mass is 9.80. The Morgan fingerprint density at radius 1 is 1.47 bits per heavy atom. The van der Waals surface area contributed by atoms with Gasteiger partial charge in [-0.2, -0.15) is 0 Å². The maximum absolute atomic E-state index is 11.7. The van der Waals surface area contributed by atoms with Crippen molar-refractivity contribution < 1.29 is 14.7 Å². The second-order valence-corrected chi connectivity index (χ2v) is 5.79. The summed E-state index contributed by atoms with van der Waals surface area (Å²) in [5.74, 6) is 1.20. The Balaban J connectivity index is 4.19. The molecule has 0 radical (unpaired) electrons. The quantitative estimate of drug-likeness (QED) is 0.426. The first-order valence-corrected chi connectivity index (χ1v) is 6.48. The van der Waals surface area contributed by atoms with E-state index >= 15 is 0 Å². The van der Waals surface area contributed by atoms with Gasteiger partial charge < -0.3 is 10.4 Å². The van der Waals surface area contributed by atoms with Gasteiger partial charge in [0.25, 0.3) is 0 Å². The van der Waals surface area contributed by atoms with Crippen LogP contribution in [-0.2, 0) is 9.59 Å². The van der Waals surface area contributed by atoms with Crippen molar-refractivity contribution in [3.63, 3.8) is 0 Å². The summed E-state index contributed by atoms with van der Waals surface area (Å²) < 4.78 is 0. The van der Waals surface area contributed by atoms with Gasteiger partial charge in [0.2, 0.25) is 5.91 Å². The van der Waals surface area contributed by atoms with Crippen LogP contribution in [0.2, 0.25) is 0 Å². The van der Waals surface area contributed by atoms with Crippen molar-refractivity contribution in [3.8, 4) is 12.3 Å². The van der Waals surface area contributed by atoms with E-state index in [4.69, 9.17) is 11.5 Å². The van der Waals surface area contributed by atoms with E-state index in [-0.39, 0.29) is 0 Å². The first kappa shape index (κ1) is 15.9. The number of hydrogen-bond acceptors (Lipinski definition) is 3. The maximum atomic E-state index is 11.7. The zero-order valence-electron chi connectivity index (χ0n) is 10.4. The minimum Gasteiger partial charge on any atom is -0.481 e. The predicted molar refractivity (Wildman–Crippen MR) is 69.7 cm³/mol. The largest absolute Gasteiger partial charge is 0.481 e. The highest BCUT2D eigenvalue weighted by Crippen LogP contribution is 2.26. The molecule has 0 aromatic carbocycles. The van der Waals surface area contributed by atoms with Gasteiger partial charge in [-0.05, 0) is 5.41 Å². The van der Waals surface area contributed by atoms with Gasteiger partial charge in [-0.25, -0.2) is 0 Å². The number of carbonyl (C=O) groups excluding carboxylic acids is 1. The molecule has 0 fully saturated rings. The van der Waals surface area contributed by atoms with Crippen molar-refractivity contribution in [3.05, 3.63) is 0 Å². The summed E-state index contributed by atoms with van der Waals surface area (Å²) in [5.41, 5.74) is -0.595. The summed E-state index contributed by atoms with van der Waals surface area (Å²) in [4.78, 5) is 22.8. The number of hydrogen-bond donors (Lipinski definition) is 2. The molecule has 5 heteroatoms. The first-order chi connectivity index (χ1) is 7.80. The van der Waals surface area contributed by atoms with Crippen LogP contribution in [0.5, 0.6) is 0 Å². The van der Waals surface area contributed by atoms with Crippen LogP contribution < -0.4 is 5.32 Å². The number of amides is 1. The van der Waals surface area contributed by atoms with E-state index in [1.807, 2.05) is 0 Å². The van der Waals surface area contributed by atoms with Gasteiger partial charge in [0.05, 0.1) is 5.75 Å². The Bertz CT molecular complexity index is 315. The number of nitrogens with one attached hydrogen (secondary N) is 1. The molecule has 0 aromatic heterocycles. The highest BCUT2D eigenvalue weighted by molar-refractivity contribution is 7.99. The second-order valence-electron chi connectivity index (χ2n) is 4.69. The molecule has 2 N–H and O–H groups in total. The highest BCUT2D eigenvalue weighted by atomic mass is 32.2. The fourth-order valence-corrected chi connectivity index (χ4v) is 1.86. The number of rotatable bonds is 6. The summed E-state index contributed by atoms with van der Waals surface area (Å²) >= 11 is 1.52. The Hall–Kier alpha value is -1.15. The molecule has 0 bridgehead atoms. The molecular weight excluding hydrogens is 238 g/mol. The van der Waals surface area contributed by atoms with Crippen molar-refractivity contribution in [1.82, 2.24) is 5.32 Å². The fraction of sp³-hybridized carbons (Fsp3) is 0.667. The molecule has 0 aliphatic carbocycles. The first-order valence-electron chi connectivity index (χ1n) is 5.32. The third-order valence-electron chi connectivity index (χ3n) is 2.11. The topological polar surface area (TPSA) is 66.4 Å². The summed E-state index contributed by atoms with van der Waals surface area (Å²) in [5, 5.41) is 11.6. The smallest absolute Gasteiger partial charge is 0.316 e. The normalized spacial score (nSPS) is 12.6. The van der Waals surface area contributed by atoms with Crippen molar-refractivity contribution in [2.45, 2.75) is 20.8 Å². The van der Waals surface area contributed by atoms with Crippen molar-refractivity contribution >= 4 is 23.6 Å². The molecule has 1 unspecified atom stereocenters. The average molecular weight is 257 g/mol. The molecule has 0 aromatic rings. The van der Waals surface area contributed by atoms with Crippen LogP contribution in [0.4, 0.5) is 0 Å². The van der Waals surface area contributed by atoms with E-state index < -0.39 is 23.2 Å². The molecular formula is C12H19NO3S. The van der Waals surface area contributed by atoms with Crippen molar-refractivity contribution in [2.24, 2.45) is 11.3 Å². The molecule has 0 aliphatic rings. The van der Waals surface area contributed by atoms with Gasteiger partial charge in [-0.3, -0.25) is 9.59 Å². The molecule has 0 saturated carbocycles. The molecule has 0 saturated heterocycles. The van der Waals surface area contributed by atoms with E-state index in [1.54, 1.807) is 20.8 Å². The molecule has 96 valence electrons. The molecule has 1 amide bonds. The van der Waals surface area contributed by atoms with Gasteiger partial charge in [0.15, 0.2) is 0 Å². The summed E-state index contributed by atoms with van der Waals surface area (Å²) in [7, 11) is 0. The Morgan fingerprint density at radius 2 is 2.06 bits per heavy atom. The minimum absolute atomic E-state index is 0.436. The van der Waals surface area contributed by atoms with E-state index in [9.17, 15) is 9.59 Å². The third-order valence-corrected chi connectivity index (χ3v) is 2.97. The minimum atomic E-state index is -1.09. The van der Waals surface area contributed by atoms with E-state index in [0.717, 1.165) is 0 Å². The van der Waals surface area contributed by atoms with Crippen molar-refractivity contribution in [2.75, 3.05) is 18.1 Å². The lowest BCUT2D eigenvalue weighted by Crippen LogP contribution is -2.43. The summed E-state index contributed by atoms with van der Waals surface area (Å²) in [6.45, 7) is 5.64.